The summed E-state index contributed by atoms with van der Waals surface area (Å²) in [6.07, 6.45) is 0. The summed E-state index contributed by atoms with van der Waals surface area (Å²) in [5.41, 5.74) is 1.61. The Bertz CT molecular complexity index is 638. The standard InChI is InChI=1S/C16H14BrClO2/c1-10(2)11-6-7-15(14(17)9-11)20-16(19)12-4-3-5-13(18)8-12/h3-10H,1-2H3. The van der Waals surface area contributed by atoms with Crippen molar-refractivity contribution < 1.29 is 9.53 Å². The number of rotatable bonds is 3. The SMILES string of the molecule is CC(C)c1ccc(OC(=O)c2cccc(Cl)c2)c(Br)c1. The number of halogens is 2. The molecular formula is C16H14BrClO2. The quantitative estimate of drug-likeness (QED) is 0.542. The highest BCUT2D eigenvalue weighted by atomic mass is 79.9. The van der Waals surface area contributed by atoms with Gasteiger partial charge in [-0.25, -0.2) is 4.79 Å². The van der Waals surface area contributed by atoms with Crippen molar-refractivity contribution in [2.75, 3.05) is 0 Å². The molecule has 0 amide bonds. The van der Waals surface area contributed by atoms with Crippen LogP contribution < -0.4 is 4.74 Å². The molecule has 0 bridgehead atoms. The number of hydrogen-bond donors (Lipinski definition) is 0. The Morgan fingerprint density at radius 1 is 1.20 bits per heavy atom. The molecule has 0 saturated heterocycles. The summed E-state index contributed by atoms with van der Waals surface area (Å²) in [5, 5.41) is 0.508. The first-order valence-electron chi connectivity index (χ1n) is 6.24. The zero-order valence-corrected chi connectivity index (χ0v) is 13.5. The first kappa shape index (κ1) is 15.1. The van der Waals surface area contributed by atoms with Crippen LogP contribution in [-0.4, -0.2) is 5.97 Å². The molecule has 20 heavy (non-hydrogen) atoms. The normalized spacial score (nSPS) is 10.7. The molecule has 0 aliphatic rings. The topological polar surface area (TPSA) is 26.3 Å². The maximum absolute atomic E-state index is 12.0. The molecule has 0 atom stereocenters. The second kappa shape index (κ2) is 6.42. The Morgan fingerprint density at radius 2 is 1.95 bits per heavy atom. The average molecular weight is 354 g/mol. The van der Waals surface area contributed by atoms with E-state index in [1.807, 2.05) is 12.1 Å². The smallest absolute Gasteiger partial charge is 0.343 e. The average Bonchev–Trinajstić information content (AvgIpc) is 2.40. The van der Waals surface area contributed by atoms with Gasteiger partial charge in [-0.05, 0) is 57.7 Å². The Labute approximate surface area is 131 Å². The molecule has 2 aromatic carbocycles. The van der Waals surface area contributed by atoms with Crippen LogP contribution in [0.4, 0.5) is 0 Å². The van der Waals surface area contributed by atoms with E-state index in [4.69, 9.17) is 16.3 Å². The second-order valence-corrected chi connectivity index (χ2v) is 6.04. The maximum Gasteiger partial charge on any atom is 0.343 e. The molecule has 4 heteroatoms. The van der Waals surface area contributed by atoms with E-state index >= 15 is 0 Å². The van der Waals surface area contributed by atoms with Gasteiger partial charge in [0.1, 0.15) is 5.75 Å². The van der Waals surface area contributed by atoms with E-state index in [0.29, 0.717) is 22.3 Å². The van der Waals surface area contributed by atoms with Crippen LogP contribution in [0.2, 0.25) is 5.02 Å². The minimum atomic E-state index is -0.425. The van der Waals surface area contributed by atoms with Crippen molar-refractivity contribution in [2.24, 2.45) is 0 Å². The highest BCUT2D eigenvalue weighted by Gasteiger charge is 2.12. The zero-order chi connectivity index (χ0) is 14.7. The van der Waals surface area contributed by atoms with Crippen LogP contribution in [-0.2, 0) is 0 Å². The third-order valence-corrected chi connectivity index (χ3v) is 3.74. The van der Waals surface area contributed by atoms with E-state index in [1.54, 1.807) is 30.3 Å². The first-order valence-corrected chi connectivity index (χ1v) is 7.41. The van der Waals surface area contributed by atoms with Crippen molar-refractivity contribution in [2.45, 2.75) is 19.8 Å². The van der Waals surface area contributed by atoms with Crippen LogP contribution >= 0.6 is 27.5 Å². The summed E-state index contributed by atoms with van der Waals surface area (Å²) in [5.74, 6) is 0.494. The Morgan fingerprint density at radius 3 is 2.55 bits per heavy atom. The van der Waals surface area contributed by atoms with Gasteiger partial charge >= 0.3 is 5.97 Å². The number of benzene rings is 2. The van der Waals surface area contributed by atoms with Crippen molar-refractivity contribution in [1.29, 1.82) is 0 Å². The third-order valence-electron chi connectivity index (χ3n) is 2.89. The summed E-state index contributed by atoms with van der Waals surface area (Å²) >= 11 is 9.29. The fourth-order valence-electron chi connectivity index (χ4n) is 1.73. The molecule has 2 nitrogen and oxygen atoms in total. The molecule has 0 aliphatic carbocycles. The van der Waals surface area contributed by atoms with Crippen LogP contribution in [0.1, 0.15) is 35.7 Å². The Balaban J connectivity index is 2.20. The summed E-state index contributed by atoms with van der Waals surface area (Å²) in [6, 6.07) is 12.4. The van der Waals surface area contributed by atoms with Crippen molar-refractivity contribution in [1.82, 2.24) is 0 Å². The molecule has 0 N–H and O–H groups in total. The Kier molecular flexibility index (Phi) is 4.84. The Hall–Kier alpha value is -1.32. The van der Waals surface area contributed by atoms with E-state index in [0.717, 1.165) is 4.47 Å². The molecule has 0 heterocycles. The summed E-state index contributed by atoms with van der Waals surface area (Å²) in [4.78, 5) is 12.0. The number of hydrogen-bond acceptors (Lipinski definition) is 2. The van der Waals surface area contributed by atoms with Gasteiger partial charge in [-0.3, -0.25) is 0 Å². The van der Waals surface area contributed by atoms with E-state index in [2.05, 4.69) is 29.8 Å². The lowest BCUT2D eigenvalue weighted by molar-refractivity contribution is 0.0733. The van der Waals surface area contributed by atoms with Crippen molar-refractivity contribution in [3.8, 4) is 5.75 Å². The van der Waals surface area contributed by atoms with Gasteiger partial charge in [-0.1, -0.05) is 37.6 Å². The lowest BCUT2D eigenvalue weighted by atomic mass is 10.0. The van der Waals surface area contributed by atoms with Gasteiger partial charge in [0.2, 0.25) is 0 Å². The van der Waals surface area contributed by atoms with E-state index in [1.165, 1.54) is 5.56 Å². The number of esters is 1. The van der Waals surface area contributed by atoms with Gasteiger partial charge in [0.15, 0.2) is 0 Å². The van der Waals surface area contributed by atoms with Gasteiger partial charge in [0, 0.05) is 5.02 Å². The van der Waals surface area contributed by atoms with E-state index in [-0.39, 0.29) is 0 Å². The lowest BCUT2D eigenvalue weighted by Crippen LogP contribution is -2.08. The molecular weight excluding hydrogens is 340 g/mol. The minimum absolute atomic E-state index is 0.420. The highest BCUT2D eigenvalue weighted by Crippen LogP contribution is 2.29. The van der Waals surface area contributed by atoms with Crippen molar-refractivity contribution in [3.63, 3.8) is 0 Å². The maximum atomic E-state index is 12.0. The van der Waals surface area contributed by atoms with E-state index in [9.17, 15) is 4.79 Å². The van der Waals surface area contributed by atoms with Crippen molar-refractivity contribution >= 4 is 33.5 Å². The molecule has 104 valence electrons. The molecule has 0 aliphatic heterocycles. The monoisotopic (exact) mass is 352 g/mol. The van der Waals surface area contributed by atoms with Crippen LogP contribution in [0.25, 0.3) is 0 Å². The van der Waals surface area contributed by atoms with Crippen LogP contribution in [0.3, 0.4) is 0 Å². The van der Waals surface area contributed by atoms with Crippen LogP contribution in [0.5, 0.6) is 5.75 Å². The largest absolute Gasteiger partial charge is 0.422 e. The molecule has 0 radical (unpaired) electrons. The number of ether oxygens (including phenoxy) is 1. The number of carbonyl (C=O) groups is 1. The molecule has 0 fully saturated rings. The highest BCUT2D eigenvalue weighted by molar-refractivity contribution is 9.10. The summed E-state index contributed by atoms with van der Waals surface area (Å²) in [6.45, 7) is 4.22. The summed E-state index contributed by atoms with van der Waals surface area (Å²) < 4.78 is 6.14. The number of carbonyl (C=O) groups excluding carboxylic acids is 1. The molecule has 0 saturated carbocycles. The van der Waals surface area contributed by atoms with Gasteiger partial charge in [0.05, 0.1) is 10.0 Å². The van der Waals surface area contributed by atoms with Gasteiger partial charge in [0.25, 0.3) is 0 Å². The zero-order valence-electron chi connectivity index (χ0n) is 11.2. The predicted molar refractivity (Wildman–Crippen MR) is 84.6 cm³/mol. The van der Waals surface area contributed by atoms with E-state index < -0.39 is 5.97 Å². The van der Waals surface area contributed by atoms with Gasteiger partial charge in [-0.15, -0.1) is 0 Å². The lowest BCUT2D eigenvalue weighted by Gasteiger charge is -2.10. The molecule has 2 aromatic rings. The minimum Gasteiger partial charge on any atom is -0.422 e. The van der Waals surface area contributed by atoms with Crippen molar-refractivity contribution in [3.05, 3.63) is 63.1 Å². The molecule has 0 unspecified atom stereocenters. The molecule has 0 aromatic heterocycles. The fourth-order valence-corrected chi connectivity index (χ4v) is 2.40. The molecule has 0 spiro atoms. The first-order chi connectivity index (χ1) is 9.47. The van der Waals surface area contributed by atoms with Gasteiger partial charge in [-0.2, -0.15) is 0 Å². The fraction of sp³-hybridized carbons (Fsp3) is 0.188. The molecule has 2 rings (SSSR count). The third kappa shape index (κ3) is 3.62. The van der Waals surface area contributed by atoms with Crippen LogP contribution in [0.15, 0.2) is 46.9 Å². The van der Waals surface area contributed by atoms with Gasteiger partial charge < -0.3 is 4.74 Å². The summed E-state index contributed by atoms with van der Waals surface area (Å²) in [7, 11) is 0. The predicted octanol–water partition coefficient (Wildman–Crippen LogP) is 5.45. The van der Waals surface area contributed by atoms with Crippen LogP contribution in [0, 0.1) is 0 Å². The second-order valence-electron chi connectivity index (χ2n) is 4.74.